The van der Waals surface area contributed by atoms with Gasteiger partial charge in [0.25, 0.3) is 0 Å². The molecule has 2 aromatic carbocycles. The molecule has 0 saturated heterocycles. The van der Waals surface area contributed by atoms with Gasteiger partial charge in [-0.25, -0.2) is 0 Å². The Kier molecular flexibility index (Phi) is 4.43. The number of hydrogen-bond acceptors (Lipinski definition) is 4. The van der Waals surface area contributed by atoms with E-state index in [0.717, 1.165) is 33.6 Å². The van der Waals surface area contributed by atoms with Crippen LogP contribution >= 0.6 is 11.3 Å². The van der Waals surface area contributed by atoms with E-state index in [4.69, 9.17) is 5.73 Å². The molecule has 0 amide bonds. The minimum atomic E-state index is 0.0553. The van der Waals surface area contributed by atoms with Crippen molar-refractivity contribution in [3.05, 3.63) is 76.2 Å². The van der Waals surface area contributed by atoms with Crippen molar-refractivity contribution >= 4 is 28.6 Å². The van der Waals surface area contributed by atoms with Gasteiger partial charge in [0, 0.05) is 35.4 Å². The molecule has 4 rings (SSSR count). The van der Waals surface area contributed by atoms with Crippen LogP contribution in [0.2, 0.25) is 0 Å². The van der Waals surface area contributed by atoms with Crippen molar-refractivity contribution in [2.45, 2.75) is 25.7 Å². The highest BCUT2D eigenvalue weighted by molar-refractivity contribution is 7.13. The van der Waals surface area contributed by atoms with Crippen molar-refractivity contribution in [2.75, 3.05) is 5.73 Å². The smallest absolute Gasteiger partial charge is 0.167 e. The van der Waals surface area contributed by atoms with Gasteiger partial charge in [-0.05, 0) is 58.3 Å². The van der Waals surface area contributed by atoms with Gasteiger partial charge >= 0.3 is 0 Å². The first-order valence-corrected chi connectivity index (χ1v) is 9.57. The zero-order valence-corrected chi connectivity index (χ0v) is 15.1. The summed E-state index contributed by atoms with van der Waals surface area (Å²) in [5.74, 6) is 0.328. The number of thiophene rings is 1. The molecule has 1 aliphatic rings. The number of carbonyl (C=O) groups excluding carboxylic acids is 2. The molecule has 0 bridgehead atoms. The Labute approximate surface area is 156 Å². The zero-order chi connectivity index (χ0) is 18.1. The average Bonchev–Trinajstić information content (AvgIpc) is 3.17. The van der Waals surface area contributed by atoms with E-state index < -0.39 is 0 Å². The minimum absolute atomic E-state index is 0.0553. The summed E-state index contributed by atoms with van der Waals surface area (Å²) in [6, 6.07) is 15.6. The average molecular weight is 361 g/mol. The van der Waals surface area contributed by atoms with Crippen molar-refractivity contribution in [3.8, 4) is 10.4 Å². The first-order chi connectivity index (χ1) is 12.6. The number of benzene rings is 2. The van der Waals surface area contributed by atoms with Crippen LogP contribution in [-0.2, 0) is 24.1 Å². The summed E-state index contributed by atoms with van der Waals surface area (Å²) in [7, 11) is 0. The fraction of sp³-hybridized carbons (Fsp3) is 0.182. The van der Waals surface area contributed by atoms with Crippen LogP contribution in [0.25, 0.3) is 10.4 Å². The maximum absolute atomic E-state index is 12.8. The maximum atomic E-state index is 12.8. The van der Waals surface area contributed by atoms with Gasteiger partial charge < -0.3 is 5.73 Å². The first kappa shape index (κ1) is 16.7. The van der Waals surface area contributed by atoms with Crippen molar-refractivity contribution in [1.29, 1.82) is 0 Å². The lowest BCUT2D eigenvalue weighted by Gasteiger charge is -2.16. The molecule has 0 radical (unpaired) electrons. The van der Waals surface area contributed by atoms with Crippen LogP contribution in [0.4, 0.5) is 5.69 Å². The van der Waals surface area contributed by atoms with Crippen molar-refractivity contribution < 1.29 is 9.59 Å². The van der Waals surface area contributed by atoms with Gasteiger partial charge in [-0.15, -0.1) is 11.3 Å². The molecular weight excluding hydrogens is 342 g/mol. The lowest BCUT2D eigenvalue weighted by atomic mass is 9.88. The molecule has 0 saturated carbocycles. The Balaban J connectivity index is 1.59. The number of rotatable bonds is 4. The fourth-order valence-corrected chi connectivity index (χ4v) is 4.13. The van der Waals surface area contributed by atoms with E-state index in [2.05, 4.69) is 6.07 Å². The monoisotopic (exact) mass is 361 g/mol. The van der Waals surface area contributed by atoms with Gasteiger partial charge in [0.1, 0.15) is 5.78 Å². The molecule has 0 spiro atoms. The van der Waals surface area contributed by atoms with Crippen LogP contribution in [0.3, 0.4) is 0 Å². The van der Waals surface area contributed by atoms with E-state index in [1.54, 1.807) is 11.3 Å². The molecule has 1 aliphatic carbocycles. The first-order valence-electron chi connectivity index (χ1n) is 8.69. The predicted molar refractivity (Wildman–Crippen MR) is 106 cm³/mol. The topological polar surface area (TPSA) is 60.2 Å². The highest BCUT2D eigenvalue weighted by Gasteiger charge is 2.18. The number of Topliss-reactive ketones (excluding diaryl/α,β-unsaturated/α-hetero) is 2. The molecular formula is C22H19NO2S. The van der Waals surface area contributed by atoms with Gasteiger partial charge in [-0.1, -0.05) is 24.3 Å². The van der Waals surface area contributed by atoms with Crippen LogP contribution in [-0.4, -0.2) is 11.6 Å². The largest absolute Gasteiger partial charge is 0.398 e. The Morgan fingerprint density at radius 1 is 1.04 bits per heavy atom. The number of nitrogens with two attached hydrogens (primary N) is 1. The van der Waals surface area contributed by atoms with Crippen LogP contribution in [0.1, 0.15) is 33.5 Å². The molecule has 130 valence electrons. The summed E-state index contributed by atoms with van der Waals surface area (Å²) < 4.78 is 0. The predicted octanol–water partition coefficient (Wildman–Crippen LogP) is 4.48. The zero-order valence-electron chi connectivity index (χ0n) is 14.3. The van der Waals surface area contributed by atoms with Crippen molar-refractivity contribution in [1.82, 2.24) is 0 Å². The van der Waals surface area contributed by atoms with E-state index in [-0.39, 0.29) is 18.0 Å². The third-order valence-electron chi connectivity index (χ3n) is 4.89. The number of hydrogen-bond donors (Lipinski definition) is 1. The molecule has 0 unspecified atom stereocenters. The van der Waals surface area contributed by atoms with Crippen LogP contribution < -0.4 is 5.73 Å². The van der Waals surface area contributed by atoms with Crippen molar-refractivity contribution in [2.24, 2.45) is 0 Å². The number of ketones is 2. The molecule has 0 atom stereocenters. The van der Waals surface area contributed by atoms with E-state index in [1.165, 1.54) is 0 Å². The summed E-state index contributed by atoms with van der Waals surface area (Å²) >= 11 is 1.67. The second-order valence-corrected chi connectivity index (χ2v) is 7.64. The Morgan fingerprint density at radius 3 is 2.73 bits per heavy atom. The molecule has 3 nitrogen and oxygen atoms in total. The normalized spacial score (nSPS) is 13.5. The summed E-state index contributed by atoms with van der Waals surface area (Å²) in [4.78, 5) is 25.5. The number of aryl methyl sites for hydroxylation is 1. The highest BCUT2D eigenvalue weighted by Crippen LogP contribution is 2.28. The maximum Gasteiger partial charge on any atom is 0.167 e. The van der Waals surface area contributed by atoms with E-state index in [9.17, 15) is 9.59 Å². The third kappa shape index (κ3) is 3.33. The van der Waals surface area contributed by atoms with Crippen molar-refractivity contribution in [3.63, 3.8) is 0 Å². The van der Waals surface area contributed by atoms with Crippen LogP contribution in [0.5, 0.6) is 0 Å². The number of nitrogen functional groups attached to an aromatic ring is 1. The SMILES string of the molecule is Nc1ccc(-c2cccs2)cc1CC(=O)c1ccc2c(c1)CCC(=O)C2. The number of fused-ring (bicyclic) bond motifs is 1. The Morgan fingerprint density at radius 2 is 1.92 bits per heavy atom. The summed E-state index contributed by atoms with van der Waals surface area (Å²) in [6.07, 6.45) is 2.06. The number of carbonyl (C=O) groups is 2. The van der Waals surface area contributed by atoms with E-state index in [0.29, 0.717) is 24.1 Å². The molecule has 26 heavy (non-hydrogen) atoms. The van der Waals surface area contributed by atoms with Crippen LogP contribution in [0.15, 0.2) is 53.9 Å². The Hall–Kier alpha value is -2.72. The molecule has 3 aromatic rings. The second kappa shape index (κ2) is 6.89. The lowest BCUT2D eigenvalue weighted by molar-refractivity contribution is -0.118. The highest BCUT2D eigenvalue weighted by atomic mass is 32.1. The Bertz CT molecular complexity index is 989. The van der Waals surface area contributed by atoms with Crippen LogP contribution in [0, 0.1) is 0 Å². The molecule has 1 heterocycles. The lowest BCUT2D eigenvalue weighted by Crippen LogP contribution is -2.14. The molecule has 4 heteroatoms. The fourth-order valence-electron chi connectivity index (χ4n) is 3.41. The van der Waals surface area contributed by atoms with Gasteiger partial charge in [0.15, 0.2) is 5.78 Å². The van der Waals surface area contributed by atoms with E-state index in [1.807, 2.05) is 47.8 Å². The summed E-state index contributed by atoms with van der Waals surface area (Å²) in [5, 5.41) is 2.04. The molecule has 0 fully saturated rings. The van der Waals surface area contributed by atoms with Gasteiger partial charge in [0.05, 0.1) is 0 Å². The van der Waals surface area contributed by atoms with Gasteiger partial charge in [-0.3, -0.25) is 9.59 Å². The molecule has 0 aliphatic heterocycles. The third-order valence-corrected chi connectivity index (χ3v) is 5.81. The van der Waals surface area contributed by atoms with Gasteiger partial charge in [-0.2, -0.15) is 0 Å². The van der Waals surface area contributed by atoms with Gasteiger partial charge in [0.2, 0.25) is 0 Å². The molecule has 2 N–H and O–H groups in total. The summed E-state index contributed by atoms with van der Waals surface area (Å²) in [5.41, 5.74) is 11.6. The standard InChI is InChI=1S/C22H19NO2S/c23-20-8-6-17(22-2-1-9-26-22)11-18(20)13-21(25)16-4-3-15-12-19(24)7-5-14(15)10-16/h1-4,6,8-11H,5,7,12-13,23H2. The summed E-state index contributed by atoms with van der Waals surface area (Å²) in [6.45, 7) is 0. The second-order valence-electron chi connectivity index (χ2n) is 6.69. The number of anilines is 1. The minimum Gasteiger partial charge on any atom is -0.398 e. The van der Waals surface area contributed by atoms with E-state index >= 15 is 0 Å². The molecule has 1 aromatic heterocycles. The quantitative estimate of drug-likeness (QED) is 0.550.